The fourth-order valence-electron chi connectivity index (χ4n) is 2.80. The molecule has 1 amide bonds. The Balaban J connectivity index is 1.71. The third-order valence-electron chi connectivity index (χ3n) is 3.97. The Morgan fingerprint density at radius 2 is 2.25 bits per heavy atom. The fourth-order valence-corrected chi connectivity index (χ4v) is 2.80. The van der Waals surface area contributed by atoms with Crippen LogP contribution in [-0.4, -0.2) is 37.7 Å². The van der Waals surface area contributed by atoms with Crippen LogP contribution in [0.15, 0.2) is 18.2 Å². The van der Waals surface area contributed by atoms with Crippen LogP contribution in [0.1, 0.15) is 30.1 Å². The number of nitrogens with one attached hydrogen (secondary N) is 3. The Bertz CT molecular complexity index is 510. The fraction of sp³-hybridized carbons (Fsp3) is 0.533. The van der Waals surface area contributed by atoms with Crippen molar-refractivity contribution in [3.63, 3.8) is 0 Å². The van der Waals surface area contributed by atoms with Gasteiger partial charge in [0.25, 0.3) is 5.91 Å². The largest absolute Gasteiger partial charge is 0.382 e. The second-order valence-electron chi connectivity index (χ2n) is 5.67. The van der Waals surface area contributed by atoms with Gasteiger partial charge >= 0.3 is 0 Å². The summed E-state index contributed by atoms with van der Waals surface area (Å²) >= 11 is 0. The highest BCUT2D eigenvalue weighted by molar-refractivity contribution is 6.02. The molecule has 1 aromatic rings. The molecule has 2 aliphatic heterocycles. The average molecular weight is 275 g/mol. The van der Waals surface area contributed by atoms with E-state index in [-0.39, 0.29) is 11.5 Å². The van der Waals surface area contributed by atoms with Crippen LogP contribution in [0.3, 0.4) is 0 Å². The minimum atomic E-state index is -0.212. The molecule has 1 unspecified atom stereocenters. The number of fused-ring (bicyclic) bond motifs is 1. The first-order valence-electron chi connectivity index (χ1n) is 7.21. The van der Waals surface area contributed by atoms with Crippen molar-refractivity contribution in [1.82, 2.24) is 5.32 Å². The van der Waals surface area contributed by atoms with Gasteiger partial charge in [0.1, 0.15) is 0 Å². The van der Waals surface area contributed by atoms with Crippen LogP contribution in [0.4, 0.5) is 11.4 Å². The third-order valence-corrected chi connectivity index (χ3v) is 3.97. The molecule has 0 radical (unpaired) electrons. The van der Waals surface area contributed by atoms with Crippen LogP contribution in [-0.2, 0) is 4.74 Å². The summed E-state index contributed by atoms with van der Waals surface area (Å²) in [6.07, 6.45) is 2.07. The first kappa shape index (κ1) is 13.2. The average Bonchev–Trinajstić information content (AvgIpc) is 2.91. The molecule has 3 N–H and O–H groups in total. The summed E-state index contributed by atoms with van der Waals surface area (Å²) in [5.41, 5.74) is 2.37. The number of hydrogen-bond donors (Lipinski definition) is 3. The van der Waals surface area contributed by atoms with E-state index in [0.717, 1.165) is 43.9 Å². The van der Waals surface area contributed by atoms with Crippen molar-refractivity contribution in [2.75, 3.05) is 36.9 Å². The minimum Gasteiger partial charge on any atom is -0.382 e. The van der Waals surface area contributed by atoms with Gasteiger partial charge in [-0.1, -0.05) is 6.07 Å². The molecule has 1 aromatic carbocycles. The van der Waals surface area contributed by atoms with E-state index < -0.39 is 0 Å². The summed E-state index contributed by atoms with van der Waals surface area (Å²) in [5, 5.41) is 9.59. The van der Waals surface area contributed by atoms with Gasteiger partial charge < -0.3 is 20.7 Å². The van der Waals surface area contributed by atoms with Gasteiger partial charge in [-0.05, 0) is 31.9 Å². The molecule has 0 aliphatic carbocycles. The smallest absolute Gasteiger partial charge is 0.253 e. The number of carbonyl (C=O) groups excluding carboxylic acids is 1. The standard InChI is InChI=1S/C15H21N3O2/c1-15(6-3-9-20-15)10-18-14(19)11-4-2-5-12-13(11)17-8-7-16-12/h2,4-5,16-17H,3,6-10H2,1H3,(H,18,19). The van der Waals surface area contributed by atoms with Crippen molar-refractivity contribution >= 4 is 17.3 Å². The van der Waals surface area contributed by atoms with Crippen molar-refractivity contribution in [2.45, 2.75) is 25.4 Å². The monoisotopic (exact) mass is 275 g/mol. The van der Waals surface area contributed by atoms with Gasteiger partial charge in [-0.15, -0.1) is 0 Å². The van der Waals surface area contributed by atoms with E-state index in [2.05, 4.69) is 22.9 Å². The van der Waals surface area contributed by atoms with E-state index in [0.29, 0.717) is 12.1 Å². The van der Waals surface area contributed by atoms with Crippen molar-refractivity contribution in [1.29, 1.82) is 0 Å². The maximum atomic E-state index is 12.4. The van der Waals surface area contributed by atoms with Gasteiger partial charge in [-0.25, -0.2) is 0 Å². The van der Waals surface area contributed by atoms with Crippen LogP contribution in [0.2, 0.25) is 0 Å². The van der Waals surface area contributed by atoms with Gasteiger partial charge in [0.15, 0.2) is 0 Å². The minimum absolute atomic E-state index is 0.0465. The lowest BCUT2D eigenvalue weighted by atomic mass is 10.0. The van der Waals surface area contributed by atoms with Gasteiger partial charge in [0, 0.05) is 26.2 Å². The topological polar surface area (TPSA) is 62.4 Å². The lowest BCUT2D eigenvalue weighted by Gasteiger charge is -2.25. The van der Waals surface area contributed by atoms with E-state index in [4.69, 9.17) is 4.74 Å². The van der Waals surface area contributed by atoms with Crippen molar-refractivity contribution in [3.05, 3.63) is 23.8 Å². The van der Waals surface area contributed by atoms with E-state index in [1.54, 1.807) is 0 Å². The number of para-hydroxylation sites is 1. The van der Waals surface area contributed by atoms with Crippen molar-refractivity contribution < 1.29 is 9.53 Å². The molecule has 1 saturated heterocycles. The molecule has 108 valence electrons. The molecule has 5 heteroatoms. The van der Waals surface area contributed by atoms with Crippen LogP contribution in [0.5, 0.6) is 0 Å². The highest BCUT2D eigenvalue weighted by Gasteiger charge is 2.30. The second kappa shape index (κ2) is 5.32. The van der Waals surface area contributed by atoms with Crippen LogP contribution in [0.25, 0.3) is 0 Å². The molecular formula is C15H21N3O2. The normalized spacial score (nSPS) is 24.4. The predicted octanol–water partition coefficient (Wildman–Crippen LogP) is 1.82. The number of carbonyl (C=O) groups is 1. The maximum Gasteiger partial charge on any atom is 0.253 e. The van der Waals surface area contributed by atoms with Gasteiger partial charge in [-0.2, -0.15) is 0 Å². The maximum absolute atomic E-state index is 12.4. The van der Waals surface area contributed by atoms with Crippen LogP contribution < -0.4 is 16.0 Å². The van der Waals surface area contributed by atoms with E-state index in [1.165, 1.54) is 0 Å². The van der Waals surface area contributed by atoms with Crippen LogP contribution in [0, 0.1) is 0 Å². The van der Waals surface area contributed by atoms with Crippen molar-refractivity contribution in [3.8, 4) is 0 Å². The Hall–Kier alpha value is -1.75. The van der Waals surface area contributed by atoms with Crippen LogP contribution >= 0.6 is 0 Å². The van der Waals surface area contributed by atoms with E-state index in [9.17, 15) is 4.79 Å². The molecule has 0 bridgehead atoms. The number of amides is 1. The van der Waals surface area contributed by atoms with Crippen molar-refractivity contribution in [2.24, 2.45) is 0 Å². The SMILES string of the molecule is CC1(CNC(=O)c2cccc3c2NCCN3)CCCO1. The summed E-state index contributed by atoms with van der Waals surface area (Å²) in [5.74, 6) is -0.0465. The molecule has 0 spiro atoms. The Morgan fingerprint density at radius 3 is 3.05 bits per heavy atom. The molecule has 2 aliphatic rings. The summed E-state index contributed by atoms with van der Waals surface area (Å²) in [7, 11) is 0. The molecule has 2 heterocycles. The first-order valence-corrected chi connectivity index (χ1v) is 7.21. The van der Waals surface area contributed by atoms with Gasteiger partial charge in [0.2, 0.25) is 0 Å². The van der Waals surface area contributed by atoms with Gasteiger partial charge in [0.05, 0.1) is 22.5 Å². The summed E-state index contributed by atoms with van der Waals surface area (Å²) in [6.45, 7) is 5.12. The zero-order valence-corrected chi connectivity index (χ0v) is 11.8. The zero-order valence-electron chi connectivity index (χ0n) is 11.8. The van der Waals surface area contributed by atoms with E-state index >= 15 is 0 Å². The molecular weight excluding hydrogens is 254 g/mol. The molecule has 0 aromatic heterocycles. The molecule has 5 nitrogen and oxygen atoms in total. The number of rotatable bonds is 3. The molecule has 0 saturated carbocycles. The van der Waals surface area contributed by atoms with E-state index in [1.807, 2.05) is 18.2 Å². The Kier molecular flexibility index (Phi) is 3.53. The summed E-state index contributed by atoms with van der Waals surface area (Å²) < 4.78 is 5.70. The number of ether oxygens (including phenoxy) is 1. The number of benzene rings is 1. The summed E-state index contributed by atoms with van der Waals surface area (Å²) in [4.78, 5) is 12.4. The quantitative estimate of drug-likeness (QED) is 0.787. The lowest BCUT2D eigenvalue weighted by Crippen LogP contribution is -2.40. The molecule has 20 heavy (non-hydrogen) atoms. The Labute approximate surface area is 119 Å². The predicted molar refractivity (Wildman–Crippen MR) is 79.3 cm³/mol. The third kappa shape index (κ3) is 2.58. The first-order chi connectivity index (χ1) is 9.68. The second-order valence-corrected chi connectivity index (χ2v) is 5.67. The van der Waals surface area contributed by atoms with Gasteiger partial charge in [-0.3, -0.25) is 4.79 Å². The molecule has 1 fully saturated rings. The summed E-state index contributed by atoms with van der Waals surface area (Å²) in [6, 6.07) is 5.74. The zero-order chi connectivity index (χ0) is 14.0. The Morgan fingerprint density at radius 1 is 1.40 bits per heavy atom. The molecule has 1 atom stereocenters. The number of hydrogen-bond acceptors (Lipinski definition) is 4. The highest BCUT2D eigenvalue weighted by atomic mass is 16.5. The highest BCUT2D eigenvalue weighted by Crippen LogP contribution is 2.29. The molecule has 3 rings (SSSR count). The lowest BCUT2D eigenvalue weighted by molar-refractivity contribution is 0.0206. The number of anilines is 2.